The molecular weight excluding hydrogens is 204 g/mol. The SMILES string of the molecule is CC/C(C)=C/C(OC)=C(\C)Br. The van der Waals surface area contributed by atoms with Gasteiger partial charge in [0.15, 0.2) is 0 Å². The Balaban J connectivity index is 4.44. The maximum atomic E-state index is 5.14. The van der Waals surface area contributed by atoms with Crippen molar-refractivity contribution in [1.29, 1.82) is 0 Å². The van der Waals surface area contributed by atoms with Crippen molar-refractivity contribution in [2.45, 2.75) is 27.2 Å². The van der Waals surface area contributed by atoms with Crippen molar-refractivity contribution >= 4 is 15.9 Å². The molecule has 0 N–H and O–H groups in total. The van der Waals surface area contributed by atoms with Gasteiger partial charge in [-0.05, 0) is 26.3 Å². The molecule has 2 heteroatoms. The Morgan fingerprint density at radius 2 is 2.00 bits per heavy atom. The van der Waals surface area contributed by atoms with Crippen molar-refractivity contribution in [3.63, 3.8) is 0 Å². The first-order valence-corrected chi connectivity index (χ1v) is 4.48. The van der Waals surface area contributed by atoms with Gasteiger partial charge in [-0.25, -0.2) is 0 Å². The standard InChI is InChI=1S/C9H15BrO/c1-5-7(2)6-9(11-4)8(3)10/h6H,5H2,1-4H3/b7-6+,9-8-. The third-order valence-corrected chi connectivity index (χ3v) is 1.89. The maximum absolute atomic E-state index is 5.14. The minimum atomic E-state index is 0.907. The molecule has 0 saturated heterocycles. The zero-order chi connectivity index (χ0) is 8.85. The first-order valence-electron chi connectivity index (χ1n) is 3.69. The number of hydrogen-bond donors (Lipinski definition) is 0. The summed E-state index contributed by atoms with van der Waals surface area (Å²) >= 11 is 3.37. The van der Waals surface area contributed by atoms with Gasteiger partial charge in [-0.1, -0.05) is 28.4 Å². The van der Waals surface area contributed by atoms with Crippen molar-refractivity contribution in [3.05, 3.63) is 21.9 Å². The number of methoxy groups -OCH3 is 1. The molecule has 0 amide bonds. The minimum Gasteiger partial charge on any atom is -0.496 e. The smallest absolute Gasteiger partial charge is 0.128 e. The molecule has 0 atom stereocenters. The summed E-state index contributed by atoms with van der Waals surface area (Å²) in [6, 6.07) is 0. The Kier molecular flexibility index (Phi) is 5.30. The average molecular weight is 219 g/mol. The summed E-state index contributed by atoms with van der Waals surface area (Å²) in [5, 5.41) is 0. The minimum absolute atomic E-state index is 0.907. The molecule has 0 aliphatic carbocycles. The second-order valence-corrected chi connectivity index (χ2v) is 3.64. The van der Waals surface area contributed by atoms with Crippen LogP contribution >= 0.6 is 15.9 Å². The number of rotatable bonds is 3. The monoisotopic (exact) mass is 218 g/mol. The fourth-order valence-electron chi connectivity index (χ4n) is 0.625. The Morgan fingerprint density at radius 1 is 1.45 bits per heavy atom. The van der Waals surface area contributed by atoms with E-state index < -0.39 is 0 Å². The third kappa shape index (κ3) is 4.25. The van der Waals surface area contributed by atoms with Crippen molar-refractivity contribution in [1.82, 2.24) is 0 Å². The van der Waals surface area contributed by atoms with Gasteiger partial charge in [-0.2, -0.15) is 0 Å². The van der Waals surface area contributed by atoms with Crippen LogP contribution in [0.5, 0.6) is 0 Å². The Morgan fingerprint density at radius 3 is 2.27 bits per heavy atom. The average Bonchev–Trinajstić information content (AvgIpc) is 1.99. The molecule has 0 radical (unpaired) electrons. The Bertz CT molecular complexity index is 176. The topological polar surface area (TPSA) is 9.23 Å². The molecule has 0 unspecified atom stereocenters. The van der Waals surface area contributed by atoms with Crippen LogP contribution in [-0.2, 0) is 4.74 Å². The van der Waals surface area contributed by atoms with Crippen molar-refractivity contribution in [2.75, 3.05) is 7.11 Å². The lowest BCUT2D eigenvalue weighted by atomic mass is 10.2. The van der Waals surface area contributed by atoms with Crippen LogP contribution in [0.4, 0.5) is 0 Å². The molecule has 0 aromatic heterocycles. The molecule has 64 valence electrons. The van der Waals surface area contributed by atoms with E-state index in [0.717, 1.165) is 16.7 Å². The highest BCUT2D eigenvalue weighted by atomic mass is 79.9. The molecule has 0 heterocycles. The van der Waals surface area contributed by atoms with Crippen LogP contribution in [0.3, 0.4) is 0 Å². The molecule has 0 bridgehead atoms. The van der Waals surface area contributed by atoms with Crippen molar-refractivity contribution in [3.8, 4) is 0 Å². The van der Waals surface area contributed by atoms with Gasteiger partial charge in [0.05, 0.1) is 7.11 Å². The summed E-state index contributed by atoms with van der Waals surface area (Å²) in [5.74, 6) is 0.907. The fraction of sp³-hybridized carbons (Fsp3) is 0.556. The van der Waals surface area contributed by atoms with Gasteiger partial charge in [0.1, 0.15) is 5.76 Å². The Labute approximate surface area is 77.3 Å². The zero-order valence-electron chi connectivity index (χ0n) is 7.57. The normalized spacial score (nSPS) is 14.5. The van der Waals surface area contributed by atoms with Crippen LogP contribution in [0.1, 0.15) is 27.2 Å². The van der Waals surface area contributed by atoms with Crippen LogP contribution in [0.25, 0.3) is 0 Å². The first-order chi connectivity index (χ1) is 5.11. The van der Waals surface area contributed by atoms with Crippen molar-refractivity contribution in [2.24, 2.45) is 0 Å². The van der Waals surface area contributed by atoms with Crippen LogP contribution in [-0.4, -0.2) is 7.11 Å². The van der Waals surface area contributed by atoms with Crippen LogP contribution in [0.2, 0.25) is 0 Å². The quantitative estimate of drug-likeness (QED) is 0.520. The van der Waals surface area contributed by atoms with Gasteiger partial charge in [-0.3, -0.25) is 0 Å². The van der Waals surface area contributed by atoms with Gasteiger partial charge in [-0.15, -0.1) is 0 Å². The number of allylic oxidation sites excluding steroid dienone is 3. The third-order valence-electron chi connectivity index (χ3n) is 1.49. The predicted octanol–water partition coefficient (Wildman–Crippen LogP) is 3.62. The van der Waals surface area contributed by atoms with E-state index in [-0.39, 0.29) is 0 Å². The lowest BCUT2D eigenvalue weighted by molar-refractivity contribution is 0.304. The van der Waals surface area contributed by atoms with Crippen LogP contribution in [0, 0.1) is 0 Å². The zero-order valence-corrected chi connectivity index (χ0v) is 9.16. The molecule has 0 spiro atoms. The highest BCUT2D eigenvalue weighted by Gasteiger charge is 1.95. The molecule has 0 aromatic carbocycles. The molecule has 0 aliphatic heterocycles. The summed E-state index contributed by atoms with van der Waals surface area (Å²) in [5.41, 5.74) is 1.32. The summed E-state index contributed by atoms with van der Waals surface area (Å²) in [6.45, 7) is 6.19. The maximum Gasteiger partial charge on any atom is 0.128 e. The predicted molar refractivity (Wildman–Crippen MR) is 52.7 cm³/mol. The van der Waals surface area contributed by atoms with Gasteiger partial charge in [0.2, 0.25) is 0 Å². The van der Waals surface area contributed by atoms with Gasteiger partial charge < -0.3 is 4.74 Å². The van der Waals surface area contributed by atoms with Crippen LogP contribution < -0.4 is 0 Å². The van der Waals surface area contributed by atoms with E-state index in [2.05, 4.69) is 29.8 Å². The highest BCUT2D eigenvalue weighted by molar-refractivity contribution is 9.11. The molecule has 11 heavy (non-hydrogen) atoms. The van der Waals surface area contributed by atoms with Gasteiger partial charge >= 0.3 is 0 Å². The second kappa shape index (κ2) is 5.42. The van der Waals surface area contributed by atoms with E-state index in [9.17, 15) is 0 Å². The van der Waals surface area contributed by atoms with E-state index in [1.807, 2.05) is 13.0 Å². The first kappa shape index (κ1) is 10.8. The number of halogens is 1. The fourth-order valence-corrected chi connectivity index (χ4v) is 0.901. The van der Waals surface area contributed by atoms with Crippen LogP contribution in [0.15, 0.2) is 21.9 Å². The van der Waals surface area contributed by atoms with E-state index in [1.165, 1.54) is 5.57 Å². The lowest BCUT2D eigenvalue weighted by Gasteiger charge is -2.03. The highest BCUT2D eigenvalue weighted by Crippen LogP contribution is 2.15. The second-order valence-electron chi connectivity index (χ2n) is 2.45. The molecule has 0 fully saturated rings. The number of ether oxygens (including phenoxy) is 1. The summed E-state index contributed by atoms with van der Waals surface area (Å²) in [4.78, 5) is 0. The molecule has 1 nitrogen and oxygen atoms in total. The van der Waals surface area contributed by atoms with Gasteiger partial charge in [0, 0.05) is 4.48 Å². The molecule has 0 aliphatic rings. The van der Waals surface area contributed by atoms with Gasteiger partial charge in [0.25, 0.3) is 0 Å². The largest absolute Gasteiger partial charge is 0.496 e. The van der Waals surface area contributed by atoms with E-state index in [1.54, 1.807) is 7.11 Å². The lowest BCUT2D eigenvalue weighted by Crippen LogP contribution is -1.85. The summed E-state index contributed by atoms with van der Waals surface area (Å²) < 4.78 is 6.18. The number of hydrogen-bond acceptors (Lipinski definition) is 1. The molecular formula is C9H15BrO. The molecule has 0 rings (SSSR count). The van der Waals surface area contributed by atoms with E-state index in [0.29, 0.717) is 0 Å². The molecule has 0 saturated carbocycles. The summed E-state index contributed by atoms with van der Waals surface area (Å²) in [7, 11) is 1.68. The van der Waals surface area contributed by atoms with E-state index >= 15 is 0 Å². The van der Waals surface area contributed by atoms with E-state index in [4.69, 9.17) is 4.74 Å². The Hall–Kier alpha value is -0.240. The van der Waals surface area contributed by atoms with Crippen molar-refractivity contribution < 1.29 is 4.74 Å². The molecule has 0 aromatic rings. The summed E-state index contributed by atoms with van der Waals surface area (Å²) in [6.07, 6.45) is 3.11.